The normalized spacial score (nSPS) is 45.0. The summed E-state index contributed by atoms with van der Waals surface area (Å²) >= 11 is 0. The minimum atomic E-state index is 0.408. The van der Waals surface area contributed by atoms with Gasteiger partial charge >= 0.3 is 0 Å². The van der Waals surface area contributed by atoms with Gasteiger partial charge in [0.2, 0.25) is 0 Å². The Morgan fingerprint density at radius 1 is 1.15 bits per heavy atom. The number of rotatable bonds is 2. The van der Waals surface area contributed by atoms with E-state index in [1.165, 1.54) is 56.9 Å². The van der Waals surface area contributed by atoms with Crippen molar-refractivity contribution in [1.82, 2.24) is 15.1 Å². The van der Waals surface area contributed by atoms with Crippen LogP contribution in [0.1, 0.15) is 62.2 Å². The van der Waals surface area contributed by atoms with Crippen LogP contribution in [0.5, 0.6) is 0 Å². The topological polar surface area (TPSA) is 29.9 Å². The first kappa shape index (κ1) is 11.8. The van der Waals surface area contributed by atoms with Crippen LogP contribution in [0.4, 0.5) is 0 Å². The molecule has 4 saturated carbocycles. The van der Waals surface area contributed by atoms with Gasteiger partial charge in [-0.1, -0.05) is 0 Å². The summed E-state index contributed by atoms with van der Waals surface area (Å²) in [5.74, 6) is 3.01. The molecule has 1 aromatic heterocycles. The average Bonchev–Trinajstić information content (AvgIpc) is 2.97. The highest BCUT2D eigenvalue weighted by Crippen LogP contribution is 2.59. The molecular formula is C17H25N3. The Labute approximate surface area is 121 Å². The molecule has 5 aliphatic rings. The fourth-order valence-electron chi connectivity index (χ4n) is 6.40. The van der Waals surface area contributed by atoms with Crippen LogP contribution in [-0.4, -0.2) is 16.8 Å². The summed E-state index contributed by atoms with van der Waals surface area (Å²) in [6, 6.07) is 0.549. The first-order chi connectivity index (χ1) is 9.77. The third-order valence-corrected chi connectivity index (χ3v) is 6.75. The van der Waals surface area contributed by atoms with Crippen LogP contribution in [0, 0.1) is 17.8 Å². The maximum absolute atomic E-state index is 4.90. The van der Waals surface area contributed by atoms with Crippen molar-refractivity contribution in [2.75, 3.05) is 7.05 Å². The van der Waals surface area contributed by atoms with Crippen LogP contribution in [-0.2, 0) is 12.0 Å². The molecule has 5 aliphatic carbocycles. The quantitative estimate of drug-likeness (QED) is 0.896. The zero-order chi connectivity index (χ0) is 13.3. The Kier molecular flexibility index (Phi) is 2.29. The van der Waals surface area contributed by atoms with Gasteiger partial charge in [-0.2, -0.15) is 5.10 Å². The molecule has 1 atom stereocenters. The van der Waals surface area contributed by atoms with E-state index in [0.29, 0.717) is 11.6 Å². The molecule has 3 nitrogen and oxygen atoms in total. The molecule has 0 spiro atoms. The molecule has 0 amide bonds. The largest absolute Gasteiger partial charge is 0.313 e. The van der Waals surface area contributed by atoms with Crippen molar-refractivity contribution in [3.05, 3.63) is 17.5 Å². The van der Waals surface area contributed by atoms with Crippen molar-refractivity contribution in [3.63, 3.8) is 0 Å². The highest BCUT2D eigenvalue weighted by atomic mass is 15.3. The zero-order valence-electron chi connectivity index (χ0n) is 12.4. The molecular weight excluding hydrogens is 246 g/mol. The van der Waals surface area contributed by atoms with E-state index in [1.54, 1.807) is 5.69 Å². The molecule has 0 aliphatic heterocycles. The van der Waals surface area contributed by atoms with Crippen molar-refractivity contribution < 1.29 is 0 Å². The van der Waals surface area contributed by atoms with Crippen molar-refractivity contribution in [1.29, 1.82) is 0 Å². The third-order valence-electron chi connectivity index (χ3n) is 6.75. The van der Waals surface area contributed by atoms with Crippen LogP contribution in [0.3, 0.4) is 0 Å². The van der Waals surface area contributed by atoms with Crippen LogP contribution in [0.25, 0.3) is 0 Å². The monoisotopic (exact) mass is 271 g/mol. The summed E-state index contributed by atoms with van der Waals surface area (Å²) < 4.78 is 2.52. The van der Waals surface area contributed by atoms with E-state index in [4.69, 9.17) is 5.10 Å². The molecule has 4 bridgehead atoms. The number of nitrogens with zero attached hydrogens (tertiary/aromatic N) is 2. The molecule has 1 unspecified atom stereocenters. The maximum Gasteiger partial charge on any atom is 0.0638 e. The summed E-state index contributed by atoms with van der Waals surface area (Å²) in [5.41, 5.74) is 3.46. The van der Waals surface area contributed by atoms with Crippen molar-refractivity contribution in [2.24, 2.45) is 17.8 Å². The first-order valence-electron chi connectivity index (χ1n) is 8.52. The molecule has 0 saturated heterocycles. The number of hydrogen-bond acceptors (Lipinski definition) is 2. The van der Waals surface area contributed by atoms with E-state index < -0.39 is 0 Å². The predicted octanol–water partition coefficient (Wildman–Crippen LogP) is 3.02. The van der Waals surface area contributed by atoms with Gasteiger partial charge in [-0.25, -0.2) is 0 Å². The van der Waals surface area contributed by atoms with Crippen molar-refractivity contribution in [2.45, 2.75) is 62.9 Å². The fraction of sp³-hybridized carbons (Fsp3) is 0.824. The maximum atomic E-state index is 4.90. The molecule has 1 N–H and O–H groups in total. The number of fused-ring (bicyclic) bond motifs is 1. The van der Waals surface area contributed by atoms with Crippen LogP contribution in [0.15, 0.2) is 6.20 Å². The van der Waals surface area contributed by atoms with Gasteiger partial charge < -0.3 is 5.32 Å². The fourth-order valence-corrected chi connectivity index (χ4v) is 6.40. The predicted molar refractivity (Wildman–Crippen MR) is 78.5 cm³/mol. The van der Waals surface area contributed by atoms with Gasteiger partial charge in [-0.15, -0.1) is 0 Å². The second-order valence-electron chi connectivity index (χ2n) is 7.98. The Morgan fingerprint density at radius 3 is 2.40 bits per heavy atom. The minimum absolute atomic E-state index is 0.408. The van der Waals surface area contributed by atoms with Gasteiger partial charge in [0.25, 0.3) is 0 Å². The molecule has 0 radical (unpaired) electrons. The Hall–Kier alpha value is -0.830. The SMILES string of the molecule is CNC1CCc2c1cnn2C12CC3CC(CC(C3)C1)C2. The lowest BCUT2D eigenvalue weighted by molar-refractivity contribution is -0.0506. The van der Waals surface area contributed by atoms with Gasteiger partial charge in [-0.05, 0) is 76.2 Å². The van der Waals surface area contributed by atoms with E-state index in [2.05, 4.69) is 23.2 Å². The lowest BCUT2D eigenvalue weighted by atomic mass is 9.53. The van der Waals surface area contributed by atoms with Gasteiger partial charge in [0.15, 0.2) is 0 Å². The van der Waals surface area contributed by atoms with E-state index in [9.17, 15) is 0 Å². The zero-order valence-corrected chi connectivity index (χ0v) is 12.4. The van der Waals surface area contributed by atoms with E-state index in [-0.39, 0.29) is 0 Å². The summed E-state index contributed by atoms with van der Waals surface area (Å²) in [4.78, 5) is 0. The lowest BCUT2D eigenvalue weighted by Crippen LogP contribution is -2.52. The third kappa shape index (κ3) is 1.42. The van der Waals surface area contributed by atoms with Crippen molar-refractivity contribution >= 4 is 0 Å². The van der Waals surface area contributed by atoms with E-state index in [1.807, 2.05) is 0 Å². The summed E-state index contributed by atoms with van der Waals surface area (Å²) in [6.45, 7) is 0. The molecule has 1 heterocycles. The molecule has 108 valence electrons. The molecule has 4 fully saturated rings. The number of aromatic nitrogens is 2. The second-order valence-corrected chi connectivity index (χ2v) is 7.98. The van der Waals surface area contributed by atoms with Crippen LogP contribution >= 0.6 is 0 Å². The standard InChI is InChI=1S/C17H25N3/c1-18-15-2-3-16-14(15)10-19-20(16)17-7-11-4-12(8-17)6-13(5-11)9-17/h10-13,15,18H,2-9H2,1H3. The Balaban J connectivity index is 1.57. The van der Waals surface area contributed by atoms with Gasteiger partial charge in [0.05, 0.1) is 11.7 Å². The molecule has 20 heavy (non-hydrogen) atoms. The molecule has 0 aromatic carbocycles. The number of nitrogens with one attached hydrogen (secondary N) is 1. The number of hydrogen-bond donors (Lipinski definition) is 1. The summed E-state index contributed by atoms with van der Waals surface area (Å²) in [6.07, 6.45) is 13.4. The van der Waals surface area contributed by atoms with Crippen LogP contribution < -0.4 is 5.32 Å². The lowest BCUT2D eigenvalue weighted by Gasteiger charge is -2.57. The van der Waals surface area contributed by atoms with E-state index >= 15 is 0 Å². The van der Waals surface area contributed by atoms with Crippen LogP contribution in [0.2, 0.25) is 0 Å². The molecule has 6 rings (SSSR count). The highest BCUT2D eigenvalue weighted by molar-refractivity contribution is 5.29. The van der Waals surface area contributed by atoms with Gasteiger partial charge in [0, 0.05) is 17.3 Å². The van der Waals surface area contributed by atoms with Crippen molar-refractivity contribution in [3.8, 4) is 0 Å². The summed E-state index contributed by atoms with van der Waals surface area (Å²) in [7, 11) is 2.09. The molecule has 1 aromatic rings. The highest BCUT2D eigenvalue weighted by Gasteiger charge is 2.53. The first-order valence-corrected chi connectivity index (χ1v) is 8.52. The smallest absolute Gasteiger partial charge is 0.0638 e. The Morgan fingerprint density at radius 2 is 1.80 bits per heavy atom. The van der Waals surface area contributed by atoms with E-state index in [0.717, 1.165) is 17.8 Å². The second kappa shape index (κ2) is 3.88. The summed E-state index contributed by atoms with van der Waals surface area (Å²) in [5, 5.41) is 8.36. The molecule has 3 heteroatoms. The minimum Gasteiger partial charge on any atom is -0.313 e. The Bertz CT molecular complexity index is 509. The van der Waals surface area contributed by atoms with Gasteiger partial charge in [0.1, 0.15) is 0 Å². The van der Waals surface area contributed by atoms with Gasteiger partial charge in [-0.3, -0.25) is 4.68 Å². The average molecular weight is 271 g/mol.